The molecule has 0 radical (unpaired) electrons. The molecule has 16 heavy (non-hydrogen) atoms. The minimum absolute atomic E-state index is 0.253. The molecule has 1 fully saturated rings. The predicted molar refractivity (Wildman–Crippen MR) is 65.0 cm³/mol. The average molecular weight is 223 g/mol. The first-order valence-electron chi connectivity index (χ1n) is 5.66. The summed E-state index contributed by atoms with van der Waals surface area (Å²) in [5.74, 6) is -0.253. The zero-order valence-corrected chi connectivity index (χ0v) is 9.54. The van der Waals surface area contributed by atoms with E-state index in [0.717, 1.165) is 13.1 Å². The van der Waals surface area contributed by atoms with Gasteiger partial charge in [0.15, 0.2) is 0 Å². The Morgan fingerprint density at radius 3 is 3.06 bits per heavy atom. The van der Waals surface area contributed by atoms with Crippen LogP contribution in [0.1, 0.15) is 12.8 Å². The first-order valence-corrected chi connectivity index (χ1v) is 5.66. The molecule has 2 rings (SSSR count). The van der Waals surface area contributed by atoms with Gasteiger partial charge < -0.3 is 16.0 Å². The first-order chi connectivity index (χ1) is 7.66. The van der Waals surface area contributed by atoms with Gasteiger partial charge in [0, 0.05) is 12.6 Å². The third-order valence-electron chi connectivity index (χ3n) is 3.21. The van der Waals surface area contributed by atoms with E-state index in [1.807, 2.05) is 0 Å². The number of hydrogen-bond donors (Lipinski definition) is 2. The SMILES string of the molecule is CN1CCCC1CNc1cc(F)ccc1N. The smallest absolute Gasteiger partial charge is 0.125 e. The normalized spacial score (nSPS) is 21.2. The number of likely N-dealkylation sites (tertiary alicyclic amines) is 1. The van der Waals surface area contributed by atoms with Crippen molar-refractivity contribution in [1.29, 1.82) is 0 Å². The summed E-state index contributed by atoms with van der Waals surface area (Å²) >= 11 is 0. The van der Waals surface area contributed by atoms with Crippen LogP contribution in [0.3, 0.4) is 0 Å². The van der Waals surface area contributed by atoms with Crippen LogP contribution >= 0.6 is 0 Å². The van der Waals surface area contributed by atoms with E-state index in [4.69, 9.17) is 5.73 Å². The zero-order chi connectivity index (χ0) is 11.5. The maximum atomic E-state index is 13.0. The fourth-order valence-electron chi connectivity index (χ4n) is 2.15. The van der Waals surface area contributed by atoms with Crippen molar-refractivity contribution < 1.29 is 4.39 Å². The summed E-state index contributed by atoms with van der Waals surface area (Å²) in [6.45, 7) is 1.97. The summed E-state index contributed by atoms with van der Waals surface area (Å²) in [4.78, 5) is 2.32. The van der Waals surface area contributed by atoms with E-state index in [1.165, 1.54) is 25.0 Å². The Labute approximate surface area is 95.4 Å². The van der Waals surface area contributed by atoms with E-state index in [-0.39, 0.29) is 5.82 Å². The van der Waals surface area contributed by atoms with Gasteiger partial charge in [0.25, 0.3) is 0 Å². The molecule has 0 saturated carbocycles. The largest absolute Gasteiger partial charge is 0.397 e. The molecule has 0 bridgehead atoms. The number of likely N-dealkylation sites (N-methyl/N-ethyl adjacent to an activating group) is 1. The molecule has 1 aromatic carbocycles. The molecule has 1 aliphatic heterocycles. The monoisotopic (exact) mass is 223 g/mol. The fraction of sp³-hybridized carbons (Fsp3) is 0.500. The van der Waals surface area contributed by atoms with E-state index in [2.05, 4.69) is 17.3 Å². The van der Waals surface area contributed by atoms with Gasteiger partial charge in [-0.25, -0.2) is 4.39 Å². The lowest BCUT2D eigenvalue weighted by Gasteiger charge is -2.20. The van der Waals surface area contributed by atoms with Crippen molar-refractivity contribution in [2.75, 3.05) is 31.2 Å². The van der Waals surface area contributed by atoms with Crippen LogP contribution in [0.4, 0.5) is 15.8 Å². The highest BCUT2D eigenvalue weighted by atomic mass is 19.1. The second-order valence-electron chi connectivity index (χ2n) is 4.39. The molecule has 1 aromatic rings. The second-order valence-corrected chi connectivity index (χ2v) is 4.39. The fourth-order valence-corrected chi connectivity index (χ4v) is 2.15. The Morgan fingerprint density at radius 2 is 2.38 bits per heavy atom. The standard InChI is InChI=1S/C12H18FN3/c1-16-6-2-3-10(16)8-15-12-7-9(13)4-5-11(12)14/h4-5,7,10,15H,2-3,6,8,14H2,1H3. The Kier molecular flexibility index (Phi) is 3.29. The lowest BCUT2D eigenvalue weighted by Crippen LogP contribution is -2.31. The maximum Gasteiger partial charge on any atom is 0.125 e. The number of halogens is 1. The van der Waals surface area contributed by atoms with Crippen molar-refractivity contribution >= 4 is 11.4 Å². The molecule has 0 amide bonds. The number of nitrogens with one attached hydrogen (secondary N) is 1. The van der Waals surface area contributed by atoms with Gasteiger partial charge in [-0.2, -0.15) is 0 Å². The molecule has 1 aliphatic rings. The van der Waals surface area contributed by atoms with Crippen LogP contribution in [0.25, 0.3) is 0 Å². The topological polar surface area (TPSA) is 41.3 Å². The minimum Gasteiger partial charge on any atom is -0.397 e. The summed E-state index contributed by atoms with van der Waals surface area (Å²) in [6, 6.07) is 4.95. The summed E-state index contributed by atoms with van der Waals surface area (Å²) < 4.78 is 13.0. The number of nitrogens with two attached hydrogens (primary N) is 1. The minimum atomic E-state index is -0.253. The van der Waals surface area contributed by atoms with Gasteiger partial charge in [0.2, 0.25) is 0 Å². The van der Waals surface area contributed by atoms with E-state index in [0.29, 0.717) is 17.4 Å². The number of anilines is 2. The average Bonchev–Trinajstić information content (AvgIpc) is 2.66. The number of hydrogen-bond acceptors (Lipinski definition) is 3. The van der Waals surface area contributed by atoms with Gasteiger partial charge in [0.1, 0.15) is 5.82 Å². The Morgan fingerprint density at radius 1 is 1.56 bits per heavy atom. The predicted octanol–water partition coefficient (Wildman–Crippen LogP) is 1.91. The highest BCUT2D eigenvalue weighted by molar-refractivity contribution is 5.65. The van der Waals surface area contributed by atoms with Crippen molar-refractivity contribution in [1.82, 2.24) is 4.90 Å². The molecule has 0 spiro atoms. The van der Waals surface area contributed by atoms with E-state index < -0.39 is 0 Å². The number of nitrogen functional groups attached to an aromatic ring is 1. The molecule has 3 N–H and O–H groups in total. The molecule has 0 aromatic heterocycles. The highest BCUT2D eigenvalue weighted by Crippen LogP contribution is 2.21. The zero-order valence-electron chi connectivity index (χ0n) is 9.54. The van der Waals surface area contributed by atoms with Crippen LogP contribution in [0.2, 0.25) is 0 Å². The number of rotatable bonds is 3. The molecule has 4 heteroatoms. The van der Waals surface area contributed by atoms with Crippen LogP contribution in [0, 0.1) is 5.82 Å². The number of nitrogens with zero attached hydrogens (tertiary/aromatic N) is 1. The van der Waals surface area contributed by atoms with Crippen LogP contribution < -0.4 is 11.1 Å². The number of benzene rings is 1. The van der Waals surface area contributed by atoms with Crippen LogP contribution in [0.15, 0.2) is 18.2 Å². The lowest BCUT2D eigenvalue weighted by molar-refractivity contribution is 0.322. The molecule has 3 nitrogen and oxygen atoms in total. The molecule has 0 aliphatic carbocycles. The molecule has 1 saturated heterocycles. The molecule has 88 valence electrons. The van der Waals surface area contributed by atoms with Gasteiger partial charge >= 0.3 is 0 Å². The van der Waals surface area contributed by atoms with E-state index in [9.17, 15) is 4.39 Å². The Bertz CT molecular complexity index is 367. The van der Waals surface area contributed by atoms with Crippen LogP contribution in [-0.2, 0) is 0 Å². The summed E-state index contributed by atoms with van der Waals surface area (Å²) in [6.07, 6.45) is 2.43. The quantitative estimate of drug-likeness (QED) is 0.769. The van der Waals surface area contributed by atoms with E-state index in [1.54, 1.807) is 6.07 Å². The van der Waals surface area contributed by atoms with Crippen molar-refractivity contribution in [2.45, 2.75) is 18.9 Å². The lowest BCUT2D eigenvalue weighted by atomic mass is 10.2. The molecule has 1 heterocycles. The van der Waals surface area contributed by atoms with Gasteiger partial charge in [-0.1, -0.05) is 0 Å². The van der Waals surface area contributed by atoms with Gasteiger partial charge in [-0.15, -0.1) is 0 Å². The first kappa shape index (κ1) is 11.2. The van der Waals surface area contributed by atoms with Crippen molar-refractivity contribution in [3.8, 4) is 0 Å². The van der Waals surface area contributed by atoms with Crippen molar-refractivity contribution in [2.24, 2.45) is 0 Å². The van der Waals surface area contributed by atoms with Crippen molar-refractivity contribution in [3.63, 3.8) is 0 Å². The van der Waals surface area contributed by atoms with E-state index >= 15 is 0 Å². The highest BCUT2D eigenvalue weighted by Gasteiger charge is 2.20. The molecular weight excluding hydrogens is 205 g/mol. The summed E-state index contributed by atoms with van der Waals surface area (Å²) in [5, 5.41) is 3.22. The van der Waals surface area contributed by atoms with Gasteiger partial charge in [0.05, 0.1) is 11.4 Å². The molecule has 1 atom stereocenters. The van der Waals surface area contributed by atoms with Gasteiger partial charge in [-0.05, 0) is 44.6 Å². The third-order valence-corrected chi connectivity index (χ3v) is 3.21. The van der Waals surface area contributed by atoms with Gasteiger partial charge in [-0.3, -0.25) is 0 Å². The van der Waals surface area contributed by atoms with Crippen LogP contribution in [-0.4, -0.2) is 31.1 Å². The third kappa shape index (κ3) is 2.44. The Hall–Kier alpha value is -1.29. The maximum absolute atomic E-state index is 13.0. The van der Waals surface area contributed by atoms with Crippen molar-refractivity contribution in [3.05, 3.63) is 24.0 Å². The Balaban J connectivity index is 1.96. The second kappa shape index (κ2) is 4.70. The molecular formula is C12H18FN3. The van der Waals surface area contributed by atoms with Crippen LogP contribution in [0.5, 0.6) is 0 Å². The summed E-state index contributed by atoms with van der Waals surface area (Å²) in [7, 11) is 2.12. The molecule has 1 unspecified atom stereocenters. The summed E-state index contributed by atoms with van der Waals surface area (Å²) in [5.41, 5.74) is 7.06.